The summed E-state index contributed by atoms with van der Waals surface area (Å²) < 4.78 is 11.6. The summed E-state index contributed by atoms with van der Waals surface area (Å²) in [5.74, 6) is 0.221. The molecule has 2 aromatic rings. The number of piperidine rings is 1. The zero-order chi connectivity index (χ0) is 16.4. The van der Waals surface area contributed by atoms with E-state index in [2.05, 4.69) is 25.6 Å². The Bertz CT molecular complexity index is 736. The van der Waals surface area contributed by atoms with Gasteiger partial charge in [0.15, 0.2) is 11.5 Å². The second-order valence-electron chi connectivity index (χ2n) is 4.83. The molecule has 0 spiro atoms. The number of nitrogens with one attached hydrogen (secondary N) is 1. The van der Waals surface area contributed by atoms with Crippen LogP contribution in [-0.2, 0) is 9.59 Å². The van der Waals surface area contributed by atoms with Crippen molar-refractivity contribution in [2.75, 3.05) is 14.2 Å². The predicted molar refractivity (Wildman–Crippen MR) is 75.6 cm³/mol. The average Bonchev–Trinajstić information content (AvgIpc) is 3.04. The molecule has 0 aromatic carbocycles. The van der Waals surface area contributed by atoms with Crippen LogP contribution in [0, 0.1) is 0 Å². The van der Waals surface area contributed by atoms with E-state index in [-0.39, 0.29) is 18.2 Å². The summed E-state index contributed by atoms with van der Waals surface area (Å²) in [5, 5.41) is 10.2. The van der Waals surface area contributed by atoms with Crippen LogP contribution in [0.3, 0.4) is 0 Å². The Kier molecular flexibility index (Phi) is 3.87. The Balaban J connectivity index is 1.90. The summed E-state index contributed by atoms with van der Waals surface area (Å²) in [6, 6.07) is 0.954. The van der Waals surface area contributed by atoms with Crippen LogP contribution >= 0.6 is 0 Å². The van der Waals surface area contributed by atoms with E-state index in [9.17, 15) is 9.59 Å². The van der Waals surface area contributed by atoms with Crippen molar-refractivity contribution in [1.82, 2.24) is 30.3 Å². The number of imide groups is 1. The minimum Gasteiger partial charge on any atom is -0.481 e. The van der Waals surface area contributed by atoms with E-state index in [1.54, 1.807) is 6.20 Å². The van der Waals surface area contributed by atoms with Crippen molar-refractivity contribution < 1.29 is 19.1 Å². The summed E-state index contributed by atoms with van der Waals surface area (Å²) >= 11 is 0. The Hall–Kier alpha value is -3.04. The van der Waals surface area contributed by atoms with Gasteiger partial charge in [0.05, 0.1) is 26.5 Å². The van der Waals surface area contributed by atoms with Gasteiger partial charge in [-0.2, -0.15) is 9.97 Å². The highest BCUT2D eigenvalue weighted by Crippen LogP contribution is 2.23. The molecule has 1 aliphatic rings. The SMILES string of the molecule is COc1cc(OC)nc(-c2cn(C3CCC(=O)NC3=O)nn2)n1. The molecule has 1 fully saturated rings. The topological polar surface area (TPSA) is 121 Å². The van der Waals surface area contributed by atoms with Gasteiger partial charge < -0.3 is 9.47 Å². The number of amides is 2. The van der Waals surface area contributed by atoms with Gasteiger partial charge in [-0.1, -0.05) is 5.21 Å². The number of aromatic nitrogens is 5. The molecule has 1 unspecified atom stereocenters. The number of ether oxygens (including phenoxy) is 2. The predicted octanol–water partition coefficient (Wildman–Crippen LogP) is -0.270. The van der Waals surface area contributed by atoms with Gasteiger partial charge in [0.2, 0.25) is 17.7 Å². The van der Waals surface area contributed by atoms with Gasteiger partial charge in [0, 0.05) is 6.42 Å². The van der Waals surface area contributed by atoms with Crippen molar-refractivity contribution in [1.29, 1.82) is 0 Å². The molecule has 0 bridgehead atoms. The summed E-state index contributed by atoms with van der Waals surface area (Å²) in [6.07, 6.45) is 2.18. The van der Waals surface area contributed by atoms with Crippen LogP contribution in [-0.4, -0.2) is 51.0 Å². The molecule has 1 saturated heterocycles. The molecule has 3 heterocycles. The van der Waals surface area contributed by atoms with Crippen molar-refractivity contribution in [3.8, 4) is 23.3 Å². The van der Waals surface area contributed by atoms with Crippen LogP contribution < -0.4 is 14.8 Å². The van der Waals surface area contributed by atoms with E-state index in [4.69, 9.17) is 9.47 Å². The maximum absolute atomic E-state index is 11.9. The van der Waals surface area contributed by atoms with E-state index in [1.807, 2.05) is 0 Å². The first-order chi connectivity index (χ1) is 11.1. The molecule has 10 heteroatoms. The van der Waals surface area contributed by atoms with Gasteiger partial charge in [-0.15, -0.1) is 5.10 Å². The lowest BCUT2D eigenvalue weighted by atomic mass is 10.1. The lowest BCUT2D eigenvalue weighted by Gasteiger charge is -2.20. The summed E-state index contributed by atoms with van der Waals surface area (Å²) in [6.45, 7) is 0. The van der Waals surface area contributed by atoms with Crippen molar-refractivity contribution in [2.24, 2.45) is 0 Å². The molecular formula is C13H14N6O4. The standard InChI is InChI=1S/C13H14N6O4/c1-22-10-5-11(23-2)16-12(15-10)7-6-19(18-17-7)8-3-4-9(20)14-13(8)21/h5-6,8H,3-4H2,1-2H3,(H,14,20,21). The number of rotatable bonds is 4. The first-order valence-electron chi connectivity index (χ1n) is 6.83. The number of hydrogen-bond acceptors (Lipinski definition) is 8. The average molecular weight is 318 g/mol. The van der Waals surface area contributed by atoms with Crippen LogP contribution in [0.25, 0.3) is 11.5 Å². The third-order valence-corrected chi connectivity index (χ3v) is 3.37. The first kappa shape index (κ1) is 14.9. The fourth-order valence-electron chi connectivity index (χ4n) is 2.19. The van der Waals surface area contributed by atoms with Gasteiger partial charge in [-0.05, 0) is 6.42 Å². The molecule has 0 radical (unpaired) electrons. The number of methoxy groups -OCH3 is 2. The Labute approximate surface area is 130 Å². The zero-order valence-corrected chi connectivity index (χ0v) is 12.5. The molecule has 0 aliphatic carbocycles. The fraction of sp³-hybridized carbons (Fsp3) is 0.385. The lowest BCUT2D eigenvalue weighted by molar-refractivity contribution is -0.136. The third kappa shape index (κ3) is 2.96. The van der Waals surface area contributed by atoms with Crippen molar-refractivity contribution in [3.05, 3.63) is 12.3 Å². The molecule has 1 atom stereocenters. The molecule has 1 N–H and O–H groups in total. The molecule has 2 aromatic heterocycles. The molecule has 120 valence electrons. The Morgan fingerprint density at radius 3 is 2.52 bits per heavy atom. The van der Waals surface area contributed by atoms with Gasteiger partial charge >= 0.3 is 0 Å². The molecule has 0 saturated carbocycles. The smallest absolute Gasteiger partial charge is 0.251 e. The summed E-state index contributed by atoms with van der Waals surface area (Å²) in [5.41, 5.74) is 0.368. The van der Waals surface area contributed by atoms with Crippen LogP contribution in [0.15, 0.2) is 12.3 Å². The van der Waals surface area contributed by atoms with Crippen LogP contribution in [0.4, 0.5) is 0 Å². The van der Waals surface area contributed by atoms with Crippen LogP contribution in [0.2, 0.25) is 0 Å². The Morgan fingerprint density at radius 1 is 1.22 bits per heavy atom. The van der Waals surface area contributed by atoms with Crippen LogP contribution in [0.1, 0.15) is 18.9 Å². The maximum atomic E-state index is 11.9. The van der Waals surface area contributed by atoms with Gasteiger partial charge in [0.1, 0.15) is 6.04 Å². The van der Waals surface area contributed by atoms with Crippen molar-refractivity contribution in [3.63, 3.8) is 0 Å². The van der Waals surface area contributed by atoms with E-state index in [1.165, 1.54) is 25.0 Å². The number of hydrogen-bond donors (Lipinski definition) is 1. The second kappa shape index (κ2) is 5.99. The summed E-state index contributed by atoms with van der Waals surface area (Å²) in [4.78, 5) is 31.4. The van der Waals surface area contributed by atoms with Gasteiger partial charge in [0.25, 0.3) is 5.91 Å². The number of carbonyl (C=O) groups excluding carboxylic acids is 2. The second-order valence-corrected chi connectivity index (χ2v) is 4.83. The molecule has 2 amide bonds. The van der Waals surface area contributed by atoms with E-state index in [0.717, 1.165) is 0 Å². The quantitative estimate of drug-likeness (QED) is 0.765. The van der Waals surface area contributed by atoms with Crippen molar-refractivity contribution in [2.45, 2.75) is 18.9 Å². The molecule has 1 aliphatic heterocycles. The monoisotopic (exact) mass is 318 g/mol. The first-order valence-corrected chi connectivity index (χ1v) is 6.83. The van der Waals surface area contributed by atoms with Crippen LogP contribution in [0.5, 0.6) is 11.8 Å². The normalized spacial score (nSPS) is 17.7. The highest BCUT2D eigenvalue weighted by atomic mass is 16.5. The third-order valence-electron chi connectivity index (χ3n) is 3.37. The molecule has 10 nitrogen and oxygen atoms in total. The number of carbonyl (C=O) groups is 2. The zero-order valence-electron chi connectivity index (χ0n) is 12.5. The van der Waals surface area contributed by atoms with Crippen molar-refractivity contribution >= 4 is 11.8 Å². The highest BCUT2D eigenvalue weighted by Gasteiger charge is 2.29. The molecular weight excluding hydrogens is 304 g/mol. The summed E-state index contributed by atoms with van der Waals surface area (Å²) in [7, 11) is 2.96. The minimum absolute atomic E-state index is 0.259. The largest absolute Gasteiger partial charge is 0.481 e. The molecule has 3 rings (SSSR count). The number of nitrogens with zero attached hydrogens (tertiary/aromatic N) is 5. The molecule has 23 heavy (non-hydrogen) atoms. The fourth-order valence-corrected chi connectivity index (χ4v) is 2.19. The van der Waals surface area contributed by atoms with E-state index >= 15 is 0 Å². The maximum Gasteiger partial charge on any atom is 0.251 e. The van der Waals surface area contributed by atoms with E-state index < -0.39 is 11.9 Å². The van der Waals surface area contributed by atoms with E-state index in [0.29, 0.717) is 23.9 Å². The Morgan fingerprint density at radius 2 is 1.91 bits per heavy atom. The van der Waals surface area contributed by atoms with Gasteiger partial charge in [-0.3, -0.25) is 14.9 Å². The van der Waals surface area contributed by atoms with Gasteiger partial charge in [-0.25, -0.2) is 4.68 Å². The lowest BCUT2D eigenvalue weighted by Crippen LogP contribution is -2.41. The minimum atomic E-state index is -0.582. The highest BCUT2D eigenvalue weighted by molar-refractivity contribution is 5.99.